The van der Waals surface area contributed by atoms with Gasteiger partial charge in [0.1, 0.15) is 0 Å². The van der Waals surface area contributed by atoms with E-state index in [1.165, 1.54) is 19.1 Å². The maximum absolute atomic E-state index is 12.9. The van der Waals surface area contributed by atoms with Crippen molar-refractivity contribution < 1.29 is 13.2 Å². The molecule has 1 amide bonds. The van der Waals surface area contributed by atoms with Gasteiger partial charge in [0.25, 0.3) is 0 Å². The molecule has 0 fully saturated rings. The Morgan fingerprint density at radius 3 is 2.41 bits per heavy atom. The first kappa shape index (κ1) is 19.0. The fourth-order valence-electron chi connectivity index (χ4n) is 2.71. The number of pyridine rings is 1. The van der Waals surface area contributed by atoms with Crippen LogP contribution in [0.3, 0.4) is 0 Å². The molecule has 0 saturated heterocycles. The van der Waals surface area contributed by atoms with E-state index in [2.05, 4.69) is 20.2 Å². The van der Waals surface area contributed by atoms with Crippen LogP contribution < -0.4 is 10.0 Å². The summed E-state index contributed by atoms with van der Waals surface area (Å²) in [7, 11) is -3.79. The molecule has 2 N–H and O–H groups in total. The third kappa shape index (κ3) is 4.15. The molecule has 9 heteroatoms. The van der Waals surface area contributed by atoms with Crippen LogP contribution in [0.2, 0.25) is 0 Å². The summed E-state index contributed by atoms with van der Waals surface area (Å²) >= 11 is 0. The summed E-state index contributed by atoms with van der Waals surface area (Å²) in [4.78, 5) is 11.2. The minimum Gasteiger partial charge on any atom is -0.326 e. The first-order chi connectivity index (χ1) is 12.8. The number of amides is 1. The molecule has 8 nitrogen and oxygen atoms in total. The molecular formula is C18H21N5O3S. The molecular weight excluding hydrogens is 366 g/mol. The van der Waals surface area contributed by atoms with E-state index in [1.54, 1.807) is 22.7 Å². The molecule has 0 aliphatic rings. The van der Waals surface area contributed by atoms with Crippen LogP contribution in [0.1, 0.15) is 32.6 Å². The van der Waals surface area contributed by atoms with Gasteiger partial charge in [-0.2, -0.15) is 0 Å². The van der Waals surface area contributed by atoms with Crippen molar-refractivity contribution in [2.45, 2.75) is 31.7 Å². The molecule has 3 rings (SSSR count). The zero-order valence-electron chi connectivity index (χ0n) is 15.2. The number of anilines is 1. The van der Waals surface area contributed by atoms with E-state index < -0.39 is 16.1 Å². The first-order valence-corrected chi connectivity index (χ1v) is 9.96. The molecule has 0 spiro atoms. The smallest absolute Gasteiger partial charge is 0.241 e. The molecule has 3 aromatic rings. The summed E-state index contributed by atoms with van der Waals surface area (Å²) in [6, 6.07) is 10.9. The normalized spacial score (nSPS) is 13.0. The second kappa shape index (κ2) is 7.45. The van der Waals surface area contributed by atoms with E-state index in [0.29, 0.717) is 17.2 Å². The zero-order valence-corrected chi connectivity index (χ0v) is 16.1. The highest BCUT2D eigenvalue weighted by Crippen LogP contribution is 2.24. The summed E-state index contributed by atoms with van der Waals surface area (Å²) in [6.07, 6.45) is 1.80. The minimum absolute atomic E-state index is 0.0500. The molecule has 0 saturated carbocycles. The number of hydrogen-bond donors (Lipinski definition) is 2. The predicted molar refractivity (Wildman–Crippen MR) is 102 cm³/mol. The van der Waals surface area contributed by atoms with E-state index in [1.807, 2.05) is 32.0 Å². The van der Waals surface area contributed by atoms with Gasteiger partial charge in [0.15, 0.2) is 11.5 Å². The van der Waals surface area contributed by atoms with Crippen LogP contribution in [0.15, 0.2) is 53.6 Å². The van der Waals surface area contributed by atoms with Crippen molar-refractivity contribution in [2.75, 3.05) is 5.32 Å². The van der Waals surface area contributed by atoms with Gasteiger partial charge in [-0.05, 0) is 42.3 Å². The van der Waals surface area contributed by atoms with E-state index in [-0.39, 0.29) is 16.7 Å². The molecule has 1 unspecified atom stereocenters. The van der Waals surface area contributed by atoms with Crippen molar-refractivity contribution in [3.05, 3.63) is 54.5 Å². The highest BCUT2D eigenvalue weighted by atomic mass is 32.2. The standard InChI is InChI=1S/C18H21N5O3S/c1-12(2)17(18-21-20-16-6-4-5-11-23(16)18)22-27(25,26)15-9-7-14(8-10-15)19-13(3)24/h4-12,17,22H,1-3H3,(H,19,24). The maximum Gasteiger partial charge on any atom is 0.241 e. The lowest BCUT2D eigenvalue weighted by Crippen LogP contribution is -2.33. The molecule has 1 aromatic carbocycles. The molecule has 0 aliphatic carbocycles. The van der Waals surface area contributed by atoms with Gasteiger partial charge < -0.3 is 5.32 Å². The van der Waals surface area contributed by atoms with Crippen LogP contribution in [-0.2, 0) is 14.8 Å². The lowest BCUT2D eigenvalue weighted by molar-refractivity contribution is -0.114. The summed E-state index contributed by atoms with van der Waals surface area (Å²) in [5.74, 6) is 0.257. The average molecular weight is 387 g/mol. The molecule has 0 radical (unpaired) electrons. The number of rotatable bonds is 6. The van der Waals surface area contributed by atoms with Crippen LogP contribution in [-0.4, -0.2) is 28.9 Å². The minimum atomic E-state index is -3.79. The van der Waals surface area contributed by atoms with Crippen molar-refractivity contribution in [2.24, 2.45) is 5.92 Å². The summed E-state index contributed by atoms with van der Waals surface area (Å²) < 4.78 is 30.2. The average Bonchev–Trinajstić information content (AvgIpc) is 3.03. The zero-order chi connectivity index (χ0) is 19.6. The maximum atomic E-state index is 12.9. The van der Waals surface area contributed by atoms with Gasteiger partial charge in [0.2, 0.25) is 15.9 Å². The third-order valence-corrected chi connectivity index (χ3v) is 5.51. The fraction of sp³-hybridized carbons (Fsp3) is 0.278. The molecule has 2 aromatic heterocycles. The number of benzene rings is 1. The molecule has 2 heterocycles. The molecule has 0 aliphatic heterocycles. The van der Waals surface area contributed by atoms with Gasteiger partial charge >= 0.3 is 0 Å². The van der Waals surface area contributed by atoms with Crippen molar-refractivity contribution >= 4 is 27.3 Å². The van der Waals surface area contributed by atoms with E-state index in [9.17, 15) is 13.2 Å². The fourth-order valence-corrected chi connectivity index (χ4v) is 4.06. The summed E-state index contributed by atoms with van der Waals surface area (Å²) in [5.41, 5.74) is 1.18. The molecule has 0 bridgehead atoms. The van der Waals surface area contributed by atoms with Gasteiger partial charge in [0, 0.05) is 18.8 Å². The van der Waals surface area contributed by atoms with Crippen molar-refractivity contribution in [3.63, 3.8) is 0 Å². The number of aromatic nitrogens is 3. The van der Waals surface area contributed by atoms with Crippen LogP contribution in [0.4, 0.5) is 5.69 Å². The van der Waals surface area contributed by atoms with Gasteiger partial charge in [-0.15, -0.1) is 10.2 Å². The van der Waals surface area contributed by atoms with Gasteiger partial charge in [-0.1, -0.05) is 19.9 Å². The Labute approximate surface area is 157 Å². The van der Waals surface area contributed by atoms with Crippen LogP contribution >= 0.6 is 0 Å². The Morgan fingerprint density at radius 1 is 1.07 bits per heavy atom. The number of carbonyl (C=O) groups is 1. The Bertz CT molecular complexity index is 1060. The number of nitrogens with zero attached hydrogens (tertiary/aromatic N) is 3. The first-order valence-electron chi connectivity index (χ1n) is 8.47. The largest absolute Gasteiger partial charge is 0.326 e. The van der Waals surface area contributed by atoms with Gasteiger partial charge in [0.05, 0.1) is 10.9 Å². The van der Waals surface area contributed by atoms with Crippen molar-refractivity contribution in [1.82, 2.24) is 19.3 Å². The van der Waals surface area contributed by atoms with E-state index >= 15 is 0 Å². The van der Waals surface area contributed by atoms with Crippen LogP contribution in [0.25, 0.3) is 5.65 Å². The Balaban J connectivity index is 1.90. The third-order valence-electron chi connectivity index (χ3n) is 4.05. The topological polar surface area (TPSA) is 105 Å². The van der Waals surface area contributed by atoms with E-state index in [4.69, 9.17) is 0 Å². The highest BCUT2D eigenvalue weighted by Gasteiger charge is 2.27. The number of hydrogen-bond acceptors (Lipinski definition) is 5. The quantitative estimate of drug-likeness (QED) is 0.675. The second-order valence-corrected chi connectivity index (χ2v) is 8.25. The number of nitrogens with one attached hydrogen (secondary N) is 2. The Hall–Kier alpha value is -2.78. The second-order valence-electron chi connectivity index (χ2n) is 6.54. The molecule has 142 valence electrons. The van der Waals surface area contributed by atoms with Gasteiger partial charge in [-0.25, -0.2) is 13.1 Å². The van der Waals surface area contributed by atoms with Crippen molar-refractivity contribution in [3.8, 4) is 0 Å². The number of carbonyl (C=O) groups excluding carboxylic acids is 1. The number of sulfonamides is 1. The van der Waals surface area contributed by atoms with Crippen LogP contribution in [0, 0.1) is 5.92 Å². The Kier molecular flexibility index (Phi) is 5.24. The Morgan fingerprint density at radius 2 is 1.78 bits per heavy atom. The van der Waals surface area contributed by atoms with E-state index in [0.717, 1.165) is 0 Å². The SMILES string of the molecule is CC(=O)Nc1ccc(S(=O)(=O)NC(c2nnc3ccccn23)C(C)C)cc1. The van der Waals surface area contributed by atoms with Crippen molar-refractivity contribution in [1.29, 1.82) is 0 Å². The summed E-state index contributed by atoms with van der Waals surface area (Å²) in [5, 5.41) is 10.9. The monoisotopic (exact) mass is 387 g/mol. The summed E-state index contributed by atoms with van der Waals surface area (Å²) in [6.45, 7) is 5.22. The van der Waals surface area contributed by atoms with Gasteiger partial charge in [-0.3, -0.25) is 9.20 Å². The lowest BCUT2D eigenvalue weighted by Gasteiger charge is -2.21. The molecule has 1 atom stereocenters. The predicted octanol–water partition coefficient (Wildman–Crippen LogP) is 2.36. The lowest BCUT2D eigenvalue weighted by atomic mass is 10.1. The number of fused-ring (bicyclic) bond motifs is 1. The van der Waals surface area contributed by atoms with Crippen LogP contribution in [0.5, 0.6) is 0 Å². The highest BCUT2D eigenvalue weighted by molar-refractivity contribution is 7.89. The molecule has 27 heavy (non-hydrogen) atoms.